The topological polar surface area (TPSA) is 8.17 Å². The number of benzene rings is 12. The van der Waals surface area contributed by atoms with Crippen LogP contribution in [0.2, 0.25) is 0 Å². The van der Waals surface area contributed by atoms with Gasteiger partial charge < -0.3 is 9.47 Å². The van der Waals surface area contributed by atoms with E-state index in [4.69, 9.17) is 0 Å². The third-order valence-electron chi connectivity index (χ3n) is 14.2. The van der Waals surface area contributed by atoms with Crippen LogP contribution in [0.1, 0.15) is 0 Å². The molecule has 14 rings (SSSR count). The maximum atomic E-state index is 2.39. The van der Waals surface area contributed by atoms with Gasteiger partial charge in [-0.25, -0.2) is 0 Å². The van der Waals surface area contributed by atoms with Crippen molar-refractivity contribution in [3.05, 3.63) is 255 Å². The number of fused-ring (bicyclic) bond motifs is 11. The van der Waals surface area contributed by atoms with Crippen molar-refractivity contribution >= 4 is 103 Å². The number of thiophene rings is 1. The Morgan fingerprint density at radius 2 is 0.725 bits per heavy atom. The van der Waals surface area contributed by atoms with Crippen LogP contribution in [0.5, 0.6) is 0 Å². The number of hydrogen-bond donors (Lipinski definition) is 0. The lowest BCUT2D eigenvalue weighted by Crippen LogP contribution is -2.09. The van der Waals surface area contributed by atoms with Gasteiger partial charge in [-0.15, -0.1) is 11.3 Å². The summed E-state index contributed by atoms with van der Waals surface area (Å²) < 4.78 is 5.05. The number of para-hydroxylation sites is 2. The average molecular weight is 895 g/mol. The molecule has 0 fully saturated rings. The predicted molar refractivity (Wildman–Crippen MR) is 297 cm³/mol. The molecule has 0 unspecified atom stereocenters. The van der Waals surface area contributed by atoms with Crippen molar-refractivity contribution in [3.63, 3.8) is 0 Å². The normalized spacial score (nSPS) is 11.8. The number of nitrogens with zero attached hydrogens (tertiary/aromatic N) is 2. The summed E-state index contributed by atoms with van der Waals surface area (Å²) in [5.74, 6) is 0. The summed E-state index contributed by atoms with van der Waals surface area (Å²) in [6, 6.07) is 93.7. The van der Waals surface area contributed by atoms with Crippen molar-refractivity contribution in [2.75, 3.05) is 4.90 Å². The number of rotatable bonds is 7. The second-order valence-electron chi connectivity index (χ2n) is 18.1. The third-order valence-corrected chi connectivity index (χ3v) is 15.4. The van der Waals surface area contributed by atoms with Crippen LogP contribution in [0.25, 0.3) is 113 Å². The standard InChI is InChI=1S/C66H42N2S/c1-3-14-56-46(10-1)20-21-48-22-23-50(41-62(48)56)44-26-34-53(35-27-44)67(54-36-28-45(29-37-54)51-31-38-60-61-39-30-47-11-2-4-15-57(47)66(61)69-65(60)42-51)52-32-24-43(25-33-52)49-12-9-13-55(40-49)68-63-18-7-5-16-58(63)59-17-6-8-19-64(59)68/h1-42H. The van der Waals surface area contributed by atoms with Gasteiger partial charge in [0.05, 0.1) is 11.0 Å². The van der Waals surface area contributed by atoms with Gasteiger partial charge in [0.25, 0.3) is 0 Å². The van der Waals surface area contributed by atoms with Crippen LogP contribution in [0.15, 0.2) is 255 Å². The minimum atomic E-state index is 1.09. The molecule has 12 aromatic carbocycles. The Balaban J connectivity index is 0.836. The molecule has 3 heteroatoms. The molecule has 0 spiro atoms. The zero-order valence-electron chi connectivity index (χ0n) is 37.6. The molecule has 0 atom stereocenters. The largest absolute Gasteiger partial charge is 0.311 e. The first-order valence-corrected chi connectivity index (χ1v) is 24.5. The Morgan fingerprint density at radius 1 is 0.275 bits per heavy atom. The molecular weight excluding hydrogens is 853 g/mol. The highest BCUT2D eigenvalue weighted by Gasteiger charge is 2.17. The van der Waals surface area contributed by atoms with Crippen molar-refractivity contribution in [3.8, 4) is 39.1 Å². The van der Waals surface area contributed by atoms with E-state index >= 15 is 0 Å². The Kier molecular flexibility index (Phi) is 9.11. The van der Waals surface area contributed by atoms with Gasteiger partial charge >= 0.3 is 0 Å². The molecule has 2 aromatic heterocycles. The molecule has 0 radical (unpaired) electrons. The highest BCUT2D eigenvalue weighted by Crippen LogP contribution is 2.42. The van der Waals surface area contributed by atoms with Crippen molar-refractivity contribution in [2.45, 2.75) is 0 Å². The molecule has 0 saturated carbocycles. The lowest BCUT2D eigenvalue weighted by Gasteiger charge is -2.26. The van der Waals surface area contributed by atoms with Crippen molar-refractivity contribution in [1.82, 2.24) is 4.57 Å². The van der Waals surface area contributed by atoms with E-state index in [0.717, 1.165) is 22.7 Å². The minimum Gasteiger partial charge on any atom is -0.311 e. The Morgan fingerprint density at radius 3 is 1.36 bits per heavy atom. The van der Waals surface area contributed by atoms with Crippen LogP contribution < -0.4 is 4.90 Å². The fourth-order valence-corrected chi connectivity index (χ4v) is 12.0. The first-order valence-electron chi connectivity index (χ1n) is 23.6. The fraction of sp³-hybridized carbons (Fsp3) is 0. The predicted octanol–water partition coefficient (Wildman–Crippen LogP) is 19.1. The van der Waals surface area contributed by atoms with Gasteiger partial charge in [0, 0.05) is 53.7 Å². The van der Waals surface area contributed by atoms with Crippen LogP contribution in [0, 0.1) is 0 Å². The highest BCUT2D eigenvalue weighted by molar-refractivity contribution is 7.26. The van der Waals surface area contributed by atoms with E-state index in [1.807, 2.05) is 11.3 Å². The molecule has 14 aromatic rings. The van der Waals surface area contributed by atoms with Gasteiger partial charge in [0.15, 0.2) is 0 Å². The quantitative estimate of drug-likeness (QED) is 0.145. The number of aromatic nitrogens is 1. The smallest absolute Gasteiger partial charge is 0.0541 e. The maximum Gasteiger partial charge on any atom is 0.0541 e. The molecule has 0 bridgehead atoms. The summed E-state index contributed by atoms with van der Waals surface area (Å²) in [6.45, 7) is 0. The third kappa shape index (κ3) is 6.62. The summed E-state index contributed by atoms with van der Waals surface area (Å²) >= 11 is 1.89. The minimum absolute atomic E-state index is 1.09. The summed E-state index contributed by atoms with van der Waals surface area (Å²) in [5, 5.41) is 12.8. The van der Waals surface area contributed by atoms with Crippen LogP contribution in [-0.2, 0) is 0 Å². The second kappa shape index (κ2) is 16.0. The van der Waals surface area contributed by atoms with Crippen molar-refractivity contribution in [1.29, 1.82) is 0 Å². The molecular formula is C66H42N2S. The van der Waals surface area contributed by atoms with Crippen LogP contribution in [0.4, 0.5) is 17.1 Å². The van der Waals surface area contributed by atoms with Crippen molar-refractivity contribution in [2.24, 2.45) is 0 Å². The second-order valence-corrected chi connectivity index (χ2v) is 19.1. The average Bonchev–Trinajstić information content (AvgIpc) is 3.97. The first-order chi connectivity index (χ1) is 34.2. The van der Waals surface area contributed by atoms with Gasteiger partial charge in [-0.3, -0.25) is 0 Å². The maximum absolute atomic E-state index is 2.39. The number of hydrogen-bond acceptors (Lipinski definition) is 2. The van der Waals surface area contributed by atoms with E-state index in [0.29, 0.717) is 0 Å². The zero-order valence-corrected chi connectivity index (χ0v) is 38.4. The van der Waals surface area contributed by atoms with E-state index in [1.54, 1.807) is 0 Å². The van der Waals surface area contributed by atoms with Gasteiger partial charge in [0.2, 0.25) is 0 Å². The molecule has 0 aliphatic rings. The molecule has 2 nitrogen and oxygen atoms in total. The molecule has 322 valence electrons. The van der Waals surface area contributed by atoms with Gasteiger partial charge in [0.1, 0.15) is 0 Å². The number of anilines is 3. The van der Waals surface area contributed by atoms with Crippen molar-refractivity contribution < 1.29 is 0 Å². The fourth-order valence-electron chi connectivity index (χ4n) is 10.7. The molecule has 0 saturated heterocycles. The summed E-state index contributed by atoms with van der Waals surface area (Å²) in [5.41, 5.74) is 14.0. The summed E-state index contributed by atoms with van der Waals surface area (Å²) in [7, 11) is 0. The van der Waals surface area contributed by atoms with E-state index in [9.17, 15) is 0 Å². The molecule has 0 aliphatic heterocycles. The Bertz CT molecular complexity index is 4240. The van der Waals surface area contributed by atoms with Crippen LogP contribution >= 0.6 is 11.3 Å². The van der Waals surface area contributed by atoms with E-state index in [-0.39, 0.29) is 0 Å². The van der Waals surface area contributed by atoms with Gasteiger partial charge in [-0.2, -0.15) is 0 Å². The molecule has 2 heterocycles. The van der Waals surface area contributed by atoms with E-state index < -0.39 is 0 Å². The van der Waals surface area contributed by atoms with Gasteiger partial charge in [-0.05, 0) is 138 Å². The van der Waals surface area contributed by atoms with E-state index in [2.05, 4.69) is 264 Å². The van der Waals surface area contributed by atoms with E-state index in [1.165, 1.54) is 108 Å². The first kappa shape index (κ1) is 39.4. The summed E-state index contributed by atoms with van der Waals surface area (Å²) in [6.07, 6.45) is 0. The lowest BCUT2D eigenvalue weighted by molar-refractivity contribution is 1.18. The van der Waals surface area contributed by atoms with Crippen LogP contribution in [-0.4, -0.2) is 4.57 Å². The molecule has 0 N–H and O–H groups in total. The van der Waals surface area contributed by atoms with Gasteiger partial charge in [-0.1, -0.05) is 182 Å². The van der Waals surface area contributed by atoms with Crippen LogP contribution in [0.3, 0.4) is 0 Å². The molecule has 0 amide bonds. The summed E-state index contributed by atoms with van der Waals surface area (Å²) in [4.78, 5) is 2.38. The lowest BCUT2D eigenvalue weighted by atomic mass is 9.97. The highest BCUT2D eigenvalue weighted by atomic mass is 32.1. The molecule has 69 heavy (non-hydrogen) atoms. The molecule has 0 aliphatic carbocycles. The Labute approximate surface area is 403 Å². The Hall–Kier alpha value is -8.76. The SMILES string of the molecule is c1cc(-c2ccc(N(c3ccc(-c4ccc5c(c4)sc4c6ccccc6ccc54)cc3)c3ccc(-c4ccc5ccc6ccccc6c5c4)cc3)cc2)cc(-n2c3ccccc3c3ccccc32)c1. The monoisotopic (exact) mass is 894 g/mol. The zero-order chi connectivity index (χ0) is 45.4.